The first-order valence-corrected chi connectivity index (χ1v) is 15.4. The second-order valence-electron chi connectivity index (χ2n) is 11.8. The summed E-state index contributed by atoms with van der Waals surface area (Å²) in [5.74, 6) is -0.427. The van der Waals surface area contributed by atoms with Crippen molar-refractivity contribution in [1.29, 1.82) is 0 Å². The Hall–Kier alpha value is -3.78. The zero-order valence-electron chi connectivity index (χ0n) is 24.6. The molecule has 8 heteroatoms. The number of hydrogen-bond acceptors (Lipinski definition) is 5. The number of para-hydroxylation sites is 1. The smallest absolute Gasteiger partial charge is 0.303 e. The summed E-state index contributed by atoms with van der Waals surface area (Å²) in [5, 5.41) is 13.1. The zero-order chi connectivity index (χ0) is 29.5. The average Bonchev–Trinajstić information content (AvgIpc) is 3.01. The van der Waals surface area contributed by atoms with Crippen LogP contribution in [0.25, 0.3) is 22.2 Å². The molecule has 2 aliphatic rings. The van der Waals surface area contributed by atoms with Crippen molar-refractivity contribution in [2.24, 2.45) is 5.92 Å². The number of aliphatic carboxylic acids is 1. The summed E-state index contributed by atoms with van der Waals surface area (Å²) < 4.78 is 0. The lowest BCUT2D eigenvalue weighted by Crippen LogP contribution is -2.48. The van der Waals surface area contributed by atoms with Crippen LogP contribution in [0.4, 0.5) is 0 Å². The molecule has 1 atom stereocenters. The summed E-state index contributed by atoms with van der Waals surface area (Å²) in [6.45, 7) is 5.18. The van der Waals surface area contributed by atoms with E-state index in [0.717, 1.165) is 40.6 Å². The van der Waals surface area contributed by atoms with Crippen LogP contribution in [0.5, 0.6) is 0 Å². The third kappa shape index (κ3) is 7.16. The van der Waals surface area contributed by atoms with Gasteiger partial charge in [0.25, 0.3) is 5.91 Å². The second kappa shape index (κ2) is 13.9. The highest BCUT2D eigenvalue weighted by molar-refractivity contribution is 6.09. The maximum atomic E-state index is 14.2. The summed E-state index contributed by atoms with van der Waals surface area (Å²) in [6.07, 6.45) is 6.64. The number of rotatable bonds is 10. The van der Waals surface area contributed by atoms with E-state index >= 15 is 0 Å². The maximum Gasteiger partial charge on any atom is 0.303 e. The lowest BCUT2D eigenvalue weighted by Gasteiger charge is -2.35. The lowest BCUT2D eigenvalue weighted by atomic mass is 9.84. The van der Waals surface area contributed by atoms with Crippen molar-refractivity contribution in [2.75, 3.05) is 26.2 Å². The molecular formula is C34H42N4O4. The number of nitrogens with zero attached hydrogens (tertiary/aromatic N) is 3. The number of benzene rings is 2. The third-order valence-electron chi connectivity index (χ3n) is 8.87. The fourth-order valence-electron chi connectivity index (χ4n) is 6.46. The number of aromatic nitrogens is 1. The van der Waals surface area contributed by atoms with Gasteiger partial charge in [-0.15, -0.1) is 0 Å². The van der Waals surface area contributed by atoms with E-state index in [1.165, 1.54) is 19.3 Å². The minimum absolute atomic E-state index is 0.00464. The van der Waals surface area contributed by atoms with Crippen LogP contribution in [-0.4, -0.2) is 69.9 Å². The molecule has 2 fully saturated rings. The summed E-state index contributed by atoms with van der Waals surface area (Å²) in [7, 11) is 0. The molecule has 222 valence electrons. The summed E-state index contributed by atoms with van der Waals surface area (Å²) in [4.78, 5) is 46.9. The molecule has 0 bridgehead atoms. The standard InChI is InChI=1S/C34H42N4O4/c1-24(25-11-4-2-5-12-25)35-34(42)32-27-15-8-9-16-29(27)36-33(26-13-6-3-7-14-26)28(32)23-37-19-21-38(22-20-37)30(39)17-10-18-31(40)41/h3,6-9,13-16,24-25H,2,4-5,10-12,17-23H2,1H3,(H,35,42)(H,40,41)/t24-/m0/s1. The molecule has 42 heavy (non-hydrogen) atoms. The van der Waals surface area contributed by atoms with Crippen LogP contribution in [0, 0.1) is 5.92 Å². The van der Waals surface area contributed by atoms with Gasteiger partial charge in [-0.1, -0.05) is 67.8 Å². The number of piperazine rings is 1. The van der Waals surface area contributed by atoms with E-state index in [1.807, 2.05) is 59.5 Å². The molecule has 0 unspecified atom stereocenters. The molecule has 1 aliphatic carbocycles. The number of carboxylic acids is 1. The van der Waals surface area contributed by atoms with Crippen molar-refractivity contribution in [1.82, 2.24) is 20.1 Å². The number of carboxylic acid groups (broad SMARTS) is 1. The lowest BCUT2D eigenvalue weighted by molar-refractivity contribution is -0.137. The van der Waals surface area contributed by atoms with Crippen molar-refractivity contribution in [2.45, 2.75) is 70.9 Å². The first-order valence-electron chi connectivity index (χ1n) is 15.4. The normalized spacial score (nSPS) is 17.2. The SMILES string of the molecule is C[C@H](NC(=O)c1c(CN2CCN(C(=O)CCCC(=O)O)CC2)c(-c2ccccc2)nc2ccccc12)C1CCCCC1. The summed E-state index contributed by atoms with van der Waals surface area (Å²) in [6, 6.07) is 18.0. The van der Waals surface area contributed by atoms with Crippen molar-refractivity contribution >= 4 is 28.7 Å². The van der Waals surface area contributed by atoms with Crippen molar-refractivity contribution in [3.63, 3.8) is 0 Å². The van der Waals surface area contributed by atoms with E-state index in [9.17, 15) is 14.4 Å². The topological polar surface area (TPSA) is 103 Å². The van der Waals surface area contributed by atoms with Gasteiger partial charge in [-0.2, -0.15) is 0 Å². The number of pyridine rings is 1. The Balaban J connectivity index is 1.43. The van der Waals surface area contributed by atoms with Gasteiger partial charge in [0.15, 0.2) is 0 Å². The highest BCUT2D eigenvalue weighted by atomic mass is 16.4. The van der Waals surface area contributed by atoms with Gasteiger partial charge < -0.3 is 15.3 Å². The van der Waals surface area contributed by atoms with E-state index in [2.05, 4.69) is 17.1 Å². The van der Waals surface area contributed by atoms with Crippen LogP contribution in [0.3, 0.4) is 0 Å². The first-order chi connectivity index (χ1) is 20.4. The fourth-order valence-corrected chi connectivity index (χ4v) is 6.46. The highest BCUT2D eigenvalue weighted by Crippen LogP contribution is 2.33. The van der Waals surface area contributed by atoms with Crippen LogP contribution < -0.4 is 5.32 Å². The molecule has 5 rings (SSSR count). The number of amides is 2. The summed E-state index contributed by atoms with van der Waals surface area (Å²) in [5.41, 5.74) is 4.19. The molecule has 0 radical (unpaired) electrons. The van der Waals surface area contributed by atoms with Crippen LogP contribution in [0.2, 0.25) is 0 Å². The number of carbonyl (C=O) groups is 3. The molecule has 2 N–H and O–H groups in total. The Morgan fingerprint density at radius 1 is 0.929 bits per heavy atom. The van der Waals surface area contributed by atoms with Gasteiger partial charge in [-0.25, -0.2) is 4.98 Å². The van der Waals surface area contributed by atoms with Crippen molar-refractivity contribution in [3.8, 4) is 11.3 Å². The van der Waals surface area contributed by atoms with Gasteiger partial charge in [0.2, 0.25) is 5.91 Å². The molecular weight excluding hydrogens is 528 g/mol. The third-order valence-corrected chi connectivity index (χ3v) is 8.87. The van der Waals surface area contributed by atoms with Crippen molar-refractivity contribution in [3.05, 3.63) is 65.7 Å². The molecule has 2 amide bonds. The Morgan fingerprint density at radius 3 is 2.33 bits per heavy atom. The molecule has 2 heterocycles. The van der Waals surface area contributed by atoms with E-state index in [-0.39, 0.29) is 30.7 Å². The van der Waals surface area contributed by atoms with E-state index in [4.69, 9.17) is 10.1 Å². The number of carbonyl (C=O) groups excluding carboxylic acids is 2. The van der Waals surface area contributed by atoms with Gasteiger partial charge in [0, 0.05) is 68.1 Å². The van der Waals surface area contributed by atoms with Gasteiger partial charge in [-0.3, -0.25) is 19.3 Å². The van der Waals surface area contributed by atoms with Crippen LogP contribution in [0.1, 0.15) is 74.2 Å². The minimum Gasteiger partial charge on any atom is -0.481 e. The Morgan fingerprint density at radius 2 is 1.62 bits per heavy atom. The largest absolute Gasteiger partial charge is 0.481 e. The van der Waals surface area contributed by atoms with E-state index < -0.39 is 5.97 Å². The molecule has 3 aromatic rings. The van der Waals surface area contributed by atoms with Crippen LogP contribution in [0.15, 0.2) is 54.6 Å². The Bertz CT molecular complexity index is 1400. The van der Waals surface area contributed by atoms with Crippen LogP contribution in [-0.2, 0) is 16.1 Å². The predicted octanol–water partition coefficient (Wildman–Crippen LogP) is 5.50. The molecule has 1 aromatic heterocycles. The van der Waals surface area contributed by atoms with Crippen LogP contribution >= 0.6 is 0 Å². The molecule has 2 aromatic carbocycles. The monoisotopic (exact) mass is 570 g/mol. The van der Waals surface area contributed by atoms with Gasteiger partial charge >= 0.3 is 5.97 Å². The number of nitrogens with one attached hydrogen (secondary N) is 1. The predicted molar refractivity (Wildman–Crippen MR) is 164 cm³/mol. The summed E-state index contributed by atoms with van der Waals surface area (Å²) >= 11 is 0. The Labute approximate surface area is 248 Å². The van der Waals surface area contributed by atoms with Crippen molar-refractivity contribution < 1.29 is 19.5 Å². The minimum atomic E-state index is -0.876. The van der Waals surface area contributed by atoms with Gasteiger partial charge in [0.05, 0.1) is 16.8 Å². The highest BCUT2D eigenvalue weighted by Gasteiger charge is 2.28. The quantitative estimate of drug-likeness (QED) is 0.334. The molecule has 8 nitrogen and oxygen atoms in total. The van der Waals surface area contributed by atoms with E-state index in [0.29, 0.717) is 50.6 Å². The number of hydrogen-bond donors (Lipinski definition) is 2. The fraction of sp³-hybridized carbons (Fsp3) is 0.471. The van der Waals surface area contributed by atoms with Gasteiger partial charge in [0.1, 0.15) is 0 Å². The Kier molecular flexibility index (Phi) is 9.85. The molecule has 1 saturated carbocycles. The maximum absolute atomic E-state index is 14.2. The number of fused-ring (bicyclic) bond motifs is 1. The van der Waals surface area contributed by atoms with Gasteiger partial charge in [-0.05, 0) is 38.2 Å². The zero-order valence-corrected chi connectivity index (χ0v) is 24.6. The van der Waals surface area contributed by atoms with E-state index in [1.54, 1.807) is 0 Å². The molecule has 0 spiro atoms. The average molecular weight is 571 g/mol. The molecule has 1 aliphatic heterocycles. The molecule has 1 saturated heterocycles. The first kappa shape index (κ1) is 29.7. The second-order valence-corrected chi connectivity index (χ2v) is 11.8.